The lowest BCUT2D eigenvalue weighted by atomic mass is 10.0. The minimum Gasteiger partial charge on any atom is -0.341 e. The summed E-state index contributed by atoms with van der Waals surface area (Å²) in [5.74, 6) is -0.868. The van der Waals surface area contributed by atoms with E-state index in [1.807, 2.05) is 18.5 Å². The van der Waals surface area contributed by atoms with Crippen molar-refractivity contribution in [2.45, 2.75) is 103 Å². The van der Waals surface area contributed by atoms with Crippen molar-refractivity contribution in [3.05, 3.63) is 83.1 Å². The van der Waals surface area contributed by atoms with Crippen LogP contribution in [0.25, 0.3) is 0 Å². The second-order valence-electron chi connectivity index (χ2n) is 9.56. The molecule has 1 atom stereocenters. The summed E-state index contributed by atoms with van der Waals surface area (Å²) in [6, 6.07) is 17.6. The lowest BCUT2D eigenvalue weighted by Crippen LogP contribution is -2.41. The van der Waals surface area contributed by atoms with Gasteiger partial charge in [0.15, 0.2) is 0 Å². The fourth-order valence-corrected chi connectivity index (χ4v) is 4.46. The molecule has 1 heterocycles. The number of aryl methyl sites for hydroxylation is 2. The zero-order chi connectivity index (χ0) is 23.9. The summed E-state index contributed by atoms with van der Waals surface area (Å²) in [5, 5.41) is 3.35. The molecule has 3 rings (SSSR count). The lowest BCUT2D eigenvalue weighted by Gasteiger charge is -2.32. The first-order chi connectivity index (χ1) is 16.8. The maximum Gasteiger partial charge on any atom is 0.264 e. The number of allylic oxidation sites excluding steroid dienone is 1. The number of nitrogens with one attached hydrogen (secondary N) is 1. The summed E-state index contributed by atoms with van der Waals surface area (Å²) < 4.78 is 6.41. The van der Waals surface area contributed by atoms with Gasteiger partial charge >= 0.3 is 0 Å². The van der Waals surface area contributed by atoms with Crippen molar-refractivity contribution in [1.82, 2.24) is 5.32 Å². The van der Waals surface area contributed by atoms with Gasteiger partial charge in [0, 0.05) is 18.0 Å². The molecule has 1 aliphatic rings. The molecule has 0 aliphatic carbocycles. The van der Waals surface area contributed by atoms with Crippen molar-refractivity contribution in [2.75, 3.05) is 0 Å². The van der Waals surface area contributed by atoms with Gasteiger partial charge < -0.3 is 10.1 Å². The predicted molar refractivity (Wildman–Crippen MR) is 145 cm³/mol. The quantitative estimate of drug-likeness (QED) is 0.256. The van der Waals surface area contributed by atoms with Crippen LogP contribution in [0.1, 0.15) is 100 Å². The second kappa shape index (κ2) is 14.8. The Morgan fingerprint density at radius 3 is 1.82 bits per heavy atom. The Kier molecular flexibility index (Phi) is 11.4. The van der Waals surface area contributed by atoms with Crippen molar-refractivity contribution in [3.63, 3.8) is 0 Å². The zero-order valence-electron chi connectivity index (χ0n) is 21.4. The van der Waals surface area contributed by atoms with Gasteiger partial charge in [0.1, 0.15) is 0 Å². The van der Waals surface area contributed by atoms with E-state index in [1.165, 1.54) is 87.3 Å². The van der Waals surface area contributed by atoms with E-state index >= 15 is 0 Å². The molecule has 34 heavy (non-hydrogen) atoms. The SMILES string of the molecule is CCCCCCCCCc1ccc(COC2(c3ccc(CCCCC)cc3)N=CC=CN2)cc1. The highest BCUT2D eigenvalue weighted by atomic mass is 16.5. The highest BCUT2D eigenvalue weighted by Crippen LogP contribution is 2.28. The fraction of sp³-hybridized carbons (Fsp3) is 0.516. The number of rotatable bonds is 16. The van der Waals surface area contributed by atoms with Crippen LogP contribution >= 0.6 is 0 Å². The molecule has 1 unspecified atom stereocenters. The summed E-state index contributed by atoms with van der Waals surface area (Å²) in [6.07, 6.45) is 21.2. The number of ether oxygens (including phenoxy) is 1. The Balaban J connectivity index is 1.51. The smallest absolute Gasteiger partial charge is 0.264 e. The molecule has 1 N–H and O–H groups in total. The molecule has 0 spiro atoms. The minimum absolute atomic E-state index is 0.508. The Labute approximate surface area is 207 Å². The van der Waals surface area contributed by atoms with E-state index < -0.39 is 5.85 Å². The van der Waals surface area contributed by atoms with E-state index in [4.69, 9.17) is 9.73 Å². The van der Waals surface area contributed by atoms with E-state index in [0.29, 0.717) is 6.61 Å². The molecule has 0 bridgehead atoms. The topological polar surface area (TPSA) is 33.6 Å². The predicted octanol–water partition coefficient (Wildman–Crippen LogP) is 8.23. The molecule has 0 fully saturated rings. The van der Waals surface area contributed by atoms with Gasteiger partial charge in [0.2, 0.25) is 0 Å². The summed E-state index contributed by atoms with van der Waals surface area (Å²) in [5.41, 5.74) is 5.00. The van der Waals surface area contributed by atoms with Crippen molar-refractivity contribution < 1.29 is 4.74 Å². The van der Waals surface area contributed by atoms with E-state index in [1.54, 1.807) is 0 Å². The van der Waals surface area contributed by atoms with Crippen LogP contribution in [0.4, 0.5) is 0 Å². The van der Waals surface area contributed by atoms with E-state index in [2.05, 4.69) is 67.7 Å². The number of hydrogen-bond donors (Lipinski definition) is 1. The molecule has 184 valence electrons. The van der Waals surface area contributed by atoms with E-state index in [9.17, 15) is 0 Å². The summed E-state index contributed by atoms with van der Waals surface area (Å²) in [6.45, 7) is 5.03. The summed E-state index contributed by atoms with van der Waals surface area (Å²) in [4.78, 5) is 4.70. The summed E-state index contributed by atoms with van der Waals surface area (Å²) in [7, 11) is 0. The van der Waals surface area contributed by atoms with Gasteiger partial charge in [-0.3, -0.25) is 0 Å². The van der Waals surface area contributed by atoms with E-state index in [0.717, 1.165) is 12.0 Å². The molecule has 2 aromatic carbocycles. The molecular formula is C31H44N2O. The molecule has 1 aliphatic heterocycles. The third kappa shape index (κ3) is 8.43. The number of aliphatic imine (C=N–C) groups is 1. The first-order valence-electron chi connectivity index (χ1n) is 13.5. The Morgan fingerprint density at radius 2 is 1.21 bits per heavy atom. The molecule has 0 amide bonds. The van der Waals surface area contributed by atoms with Crippen molar-refractivity contribution in [2.24, 2.45) is 4.99 Å². The maximum atomic E-state index is 6.41. The normalized spacial score (nSPS) is 17.1. The molecule has 0 saturated heterocycles. The van der Waals surface area contributed by atoms with Crippen LogP contribution < -0.4 is 5.32 Å². The zero-order valence-corrected chi connectivity index (χ0v) is 21.4. The number of unbranched alkanes of at least 4 members (excludes halogenated alkanes) is 8. The third-order valence-electron chi connectivity index (χ3n) is 6.67. The third-order valence-corrected chi connectivity index (χ3v) is 6.67. The molecule has 0 radical (unpaired) electrons. The Morgan fingerprint density at radius 1 is 0.676 bits per heavy atom. The molecule has 3 nitrogen and oxygen atoms in total. The highest BCUT2D eigenvalue weighted by Gasteiger charge is 2.32. The molecule has 2 aromatic rings. The van der Waals surface area contributed by atoms with Crippen LogP contribution in [0.5, 0.6) is 0 Å². The van der Waals surface area contributed by atoms with Crippen molar-refractivity contribution in [1.29, 1.82) is 0 Å². The first kappa shape index (κ1) is 26.2. The van der Waals surface area contributed by atoms with Crippen LogP contribution in [-0.2, 0) is 30.0 Å². The van der Waals surface area contributed by atoms with Crippen LogP contribution in [0, 0.1) is 0 Å². The minimum atomic E-state index is -0.868. The Hall–Kier alpha value is -2.39. The average molecular weight is 461 g/mol. The van der Waals surface area contributed by atoms with Crippen LogP contribution in [0.3, 0.4) is 0 Å². The van der Waals surface area contributed by atoms with Crippen LogP contribution in [0.2, 0.25) is 0 Å². The largest absolute Gasteiger partial charge is 0.341 e. The monoisotopic (exact) mass is 460 g/mol. The average Bonchev–Trinajstić information content (AvgIpc) is 2.89. The highest BCUT2D eigenvalue weighted by molar-refractivity contribution is 5.72. The Bertz CT molecular complexity index is 869. The maximum absolute atomic E-state index is 6.41. The second-order valence-corrected chi connectivity index (χ2v) is 9.56. The van der Waals surface area contributed by atoms with Crippen LogP contribution in [-0.4, -0.2) is 6.21 Å². The lowest BCUT2D eigenvalue weighted by molar-refractivity contribution is -0.0725. The van der Waals surface area contributed by atoms with Gasteiger partial charge in [0.05, 0.1) is 6.61 Å². The van der Waals surface area contributed by atoms with Gasteiger partial charge in [-0.1, -0.05) is 114 Å². The standard InChI is InChI=1S/C31H44N2O/c1-3-5-7-8-9-10-12-15-27-16-18-29(19-17-27)26-34-31(32-24-13-25-33-31)30-22-20-28(21-23-30)14-11-6-4-2/h13,16-25,32H,3-12,14-15,26H2,1-2H3. The van der Waals surface area contributed by atoms with E-state index in [-0.39, 0.29) is 0 Å². The van der Waals surface area contributed by atoms with Gasteiger partial charge in [-0.25, -0.2) is 4.99 Å². The van der Waals surface area contributed by atoms with Gasteiger partial charge in [-0.05, 0) is 48.4 Å². The molecule has 0 saturated carbocycles. The van der Waals surface area contributed by atoms with Gasteiger partial charge in [-0.2, -0.15) is 0 Å². The molecule has 0 aromatic heterocycles. The number of benzene rings is 2. The number of hydrogen-bond acceptors (Lipinski definition) is 3. The van der Waals surface area contributed by atoms with Crippen molar-refractivity contribution >= 4 is 6.21 Å². The van der Waals surface area contributed by atoms with Crippen LogP contribution in [0.15, 0.2) is 65.8 Å². The van der Waals surface area contributed by atoms with Gasteiger partial charge in [-0.15, -0.1) is 0 Å². The van der Waals surface area contributed by atoms with Gasteiger partial charge in [0.25, 0.3) is 5.85 Å². The number of nitrogens with zero attached hydrogens (tertiary/aromatic N) is 1. The molecule has 3 heteroatoms. The summed E-state index contributed by atoms with van der Waals surface area (Å²) >= 11 is 0. The van der Waals surface area contributed by atoms with Crippen molar-refractivity contribution in [3.8, 4) is 0 Å². The first-order valence-corrected chi connectivity index (χ1v) is 13.5. The fourth-order valence-electron chi connectivity index (χ4n) is 4.46. The molecular weight excluding hydrogens is 416 g/mol.